The Kier molecular flexibility index (Phi) is 2.13. The molecule has 0 fully saturated rings. The van der Waals surface area contributed by atoms with Crippen molar-refractivity contribution < 1.29 is 12.2 Å². The lowest BCUT2D eigenvalue weighted by molar-refractivity contribution is 0.174. The monoisotopic (exact) mass is 293 g/mol. The highest BCUT2D eigenvalue weighted by Crippen LogP contribution is 2.35. The minimum atomic E-state index is -2.08. The maximum Gasteiger partial charge on any atom is 0.231 e. The van der Waals surface area contributed by atoms with Gasteiger partial charge in [0.1, 0.15) is 2.74 Å². The van der Waals surface area contributed by atoms with Crippen molar-refractivity contribution in [3.63, 3.8) is 0 Å². The molecule has 0 aliphatic carbocycles. The normalized spacial score (nSPS) is 17.2. The van der Waals surface area contributed by atoms with Crippen LogP contribution >= 0.6 is 15.9 Å². The molecule has 17 heavy (non-hydrogen) atoms. The summed E-state index contributed by atoms with van der Waals surface area (Å²) in [4.78, 5) is 0. The van der Waals surface area contributed by atoms with Gasteiger partial charge in [-0.2, -0.15) is 0 Å². The molecule has 0 saturated heterocycles. The quantitative estimate of drug-likeness (QED) is 0.910. The van der Waals surface area contributed by atoms with Crippen molar-refractivity contribution in [2.45, 2.75) is 0 Å². The van der Waals surface area contributed by atoms with E-state index in [2.05, 4.69) is 21.2 Å². The van der Waals surface area contributed by atoms with E-state index in [1.807, 2.05) is 30.3 Å². The van der Waals surface area contributed by atoms with E-state index < -0.39 is 6.75 Å². The summed E-state index contributed by atoms with van der Waals surface area (Å²) in [6.45, 7) is -2.08. The number of halogens is 1. The van der Waals surface area contributed by atoms with Gasteiger partial charge in [0.25, 0.3) is 0 Å². The second-order valence-corrected chi connectivity index (χ2v) is 4.50. The smallest absolute Gasteiger partial charge is 0.231 e. The minimum absolute atomic E-state index is 0.395. The van der Waals surface area contributed by atoms with Crippen LogP contribution in [-0.4, -0.2) is 6.75 Å². The Morgan fingerprint density at radius 3 is 2.53 bits per heavy atom. The molecule has 1 heterocycles. The molecule has 0 atom stereocenters. The van der Waals surface area contributed by atoms with Gasteiger partial charge in [-0.1, -0.05) is 15.9 Å². The molecule has 4 heteroatoms. The zero-order chi connectivity index (χ0) is 13.5. The Morgan fingerprint density at radius 2 is 1.71 bits per heavy atom. The lowest BCUT2D eigenvalue weighted by Crippen LogP contribution is -1.93. The predicted octanol–water partition coefficient (Wildman–Crippen LogP) is 3.92. The lowest BCUT2D eigenvalue weighted by Gasteiger charge is -2.07. The van der Waals surface area contributed by atoms with E-state index in [-0.39, 0.29) is 0 Å². The van der Waals surface area contributed by atoms with Crippen molar-refractivity contribution in [2.75, 3.05) is 12.1 Å². The second-order valence-electron chi connectivity index (χ2n) is 3.58. The molecule has 0 radical (unpaired) electrons. The molecule has 1 N–H and O–H groups in total. The molecular weight excluding hydrogens is 282 g/mol. The van der Waals surface area contributed by atoms with Crippen molar-refractivity contribution in [2.24, 2.45) is 0 Å². The van der Waals surface area contributed by atoms with Gasteiger partial charge in [-0.15, -0.1) is 0 Å². The van der Waals surface area contributed by atoms with Crippen LogP contribution in [0.15, 0.2) is 46.9 Å². The Labute approximate surface area is 110 Å². The van der Waals surface area contributed by atoms with Crippen LogP contribution < -0.4 is 14.8 Å². The average molecular weight is 294 g/mol. The van der Waals surface area contributed by atoms with Gasteiger partial charge in [0.2, 0.25) is 6.75 Å². The molecule has 86 valence electrons. The minimum Gasteiger partial charge on any atom is -0.454 e. The summed E-state index contributed by atoms with van der Waals surface area (Å²) < 4.78 is 25.8. The van der Waals surface area contributed by atoms with E-state index in [1.54, 1.807) is 12.1 Å². The first kappa shape index (κ1) is 8.42. The van der Waals surface area contributed by atoms with Crippen LogP contribution in [0.25, 0.3) is 0 Å². The van der Waals surface area contributed by atoms with Gasteiger partial charge in [-0.3, -0.25) is 0 Å². The van der Waals surface area contributed by atoms with Crippen LogP contribution in [0, 0.1) is 0 Å². The van der Waals surface area contributed by atoms with E-state index in [9.17, 15) is 0 Å². The van der Waals surface area contributed by atoms with Gasteiger partial charge < -0.3 is 14.8 Å². The number of ether oxygens (including phenoxy) is 2. The largest absolute Gasteiger partial charge is 0.454 e. The number of rotatable bonds is 2. The maximum atomic E-state index is 7.38. The molecule has 3 nitrogen and oxygen atoms in total. The Balaban J connectivity index is 1.82. The second kappa shape index (κ2) is 4.30. The van der Waals surface area contributed by atoms with Gasteiger partial charge in [0.15, 0.2) is 11.5 Å². The first-order valence-corrected chi connectivity index (χ1v) is 5.86. The molecule has 0 spiro atoms. The Bertz CT molecular complexity index is 617. The first-order chi connectivity index (χ1) is 9.02. The number of anilines is 2. The molecular formula is C13H10BrNO2. The molecule has 0 saturated carbocycles. The lowest BCUT2D eigenvalue weighted by atomic mass is 10.2. The summed E-state index contributed by atoms with van der Waals surface area (Å²) in [5.41, 5.74) is 1.74. The molecule has 0 unspecified atom stereocenters. The van der Waals surface area contributed by atoms with Crippen LogP contribution in [0.2, 0.25) is 0 Å². The summed E-state index contributed by atoms with van der Waals surface area (Å²) in [5, 5.41) is 3.21. The molecule has 2 aromatic rings. The predicted molar refractivity (Wildman–Crippen MR) is 70.0 cm³/mol. The standard InChI is InChI=1S/C13H10BrNO2/c14-9-1-3-10(4-2-9)15-11-5-6-12-13(7-11)17-8-16-12/h1-7,15H,8H2/i8D2. The van der Waals surface area contributed by atoms with Crippen LogP contribution in [-0.2, 0) is 0 Å². The molecule has 3 rings (SSSR count). The highest BCUT2D eigenvalue weighted by atomic mass is 79.9. The average Bonchev–Trinajstić information content (AvgIpc) is 2.65. The number of hydrogen-bond donors (Lipinski definition) is 1. The zero-order valence-electron chi connectivity index (χ0n) is 10.7. The van der Waals surface area contributed by atoms with Crippen molar-refractivity contribution in [1.29, 1.82) is 0 Å². The molecule has 1 aliphatic heterocycles. The summed E-state index contributed by atoms with van der Waals surface area (Å²) in [5.74, 6) is 0.804. The number of hydrogen-bond acceptors (Lipinski definition) is 3. The molecule has 0 amide bonds. The summed E-state index contributed by atoms with van der Waals surface area (Å²) in [6, 6.07) is 13.0. The van der Waals surface area contributed by atoms with Crippen molar-refractivity contribution in [3.8, 4) is 11.5 Å². The van der Waals surface area contributed by atoms with Gasteiger partial charge in [0.05, 0.1) is 0 Å². The molecule has 0 aromatic heterocycles. The van der Waals surface area contributed by atoms with Gasteiger partial charge in [0, 0.05) is 21.9 Å². The van der Waals surface area contributed by atoms with Crippen molar-refractivity contribution in [3.05, 3.63) is 46.9 Å². The molecule has 1 aliphatic rings. The van der Waals surface area contributed by atoms with Crippen LogP contribution in [0.1, 0.15) is 2.74 Å². The van der Waals surface area contributed by atoms with E-state index in [1.165, 1.54) is 0 Å². The molecule has 2 aromatic carbocycles. The van der Waals surface area contributed by atoms with Crippen LogP contribution in [0.5, 0.6) is 11.5 Å². The third-order valence-electron chi connectivity index (χ3n) is 2.38. The van der Waals surface area contributed by atoms with E-state index >= 15 is 0 Å². The van der Waals surface area contributed by atoms with E-state index in [0.29, 0.717) is 11.5 Å². The van der Waals surface area contributed by atoms with Crippen LogP contribution in [0.4, 0.5) is 11.4 Å². The SMILES string of the molecule is [2H]C1([2H])Oc2ccc(Nc3ccc(Br)cc3)cc2O1. The maximum absolute atomic E-state index is 7.38. The Hall–Kier alpha value is -1.68. The highest BCUT2D eigenvalue weighted by molar-refractivity contribution is 9.10. The molecule has 0 bridgehead atoms. The number of nitrogens with one attached hydrogen (secondary N) is 1. The third-order valence-corrected chi connectivity index (χ3v) is 2.91. The van der Waals surface area contributed by atoms with Crippen molar-refractivity contribution >= 4 is 27.3 Å². The van der Waals surface area contributed by atoms with Gasteiger partial charge in [-0.25, -0.2) is 0 Å². The fourth-order valence-electron chi connectivity index (χ4n) is 1.56. The van der Waals surface area contributed by atoms with Gasteiger partial charge in [-0.05, 0) is 36.4 Å². The highest BCUT2D eigenvalue weighted by Gasteiger charge is 2.12. The fourth-order valence-corrected chi connectivity index (χ4v) is 1.82. The van der Waals surface area contributed by atoms with Crippen LogP contribution in [0.3, 0.4) is 0 Å². The number of benzene rings is 2. The summed E-state index contributed by atoms with van der Waals surface area (Å²) in [6.07, 6.45) is 0. The topological polar surface area (TPSA) is 30.5 Å². The fraction of sp³-hybridized carbons (Fsp3) is 0.0769. The third kappa shape index (κ3) is 2.22. The van der Waals surface area contributed by atoms with E-state index in [4.69, 9.17) is 12.2 Å². The van der Waals surface area contributed by atoms with Crippen molar-refractivity contribution in [1.82, 2.24) is 0 Å². The Morgan fingerprint density at radius 1 is 1.00 bits per heavy atom. The zero-order valence-corrected chi connectivity index (χ0v) is 10.3. The first-order valence-electron chi connectivity index (χ1n) is 6.06. The van der Waals surface area contributed by atoms with Gasteiger partial charge >= 0.3 is 0 Å². The summed E-state index contributed by atoms with van der Waals surface area (Å²) in [7, 11) is 0. The summed E-state index contributed by atoms with van der Waals surface area (Å²) >= 11 is 3.38. The van der Waals surface area contributed by atoms with E-state index in [0.717, 1.165) is 15.8 Å². The number of fused-ring (bicyclic) bond motifs is 1.